The van der Waals surface area contributed by atoms with Crippen LogP contribution in [0.3, 0.4) is 0 Å². The average Bonchev–Trinajstić information content (AvgIpc) is 3.19. The molecule has 7 heteroatoms. The molecule has 3 heterocycles. The van der Waals surface area contributed by atoms with E-state index in [4.69, 9.17) is 0 Å². The summed E-state index contributed by atoms with van der Waals surface area (Å²) < 4.78 is 15.3. The van der Waals surface area contributed by atoms with Crippen molar-refractivity contribution in [2.45, 2.75) is 38.9 Å². The van der Waals surface area contributed by atoms with E-state index >= 15 is 0 Å². The second-order valence-electron chi connectivity index (χ2n) is 6.03. The number of halogens is 1. The Morgan fingerprint density at radius 1 is 1.29 bits per heavy atom. The molecule has 0 fully saturated rings. The van der Waals surface area contributed by atoms with Crippen molar-refractivity contribution in [3.63, 3.8) is 0 Å². The van der Waals surface area contributed by atoms with Crippen LogP contribution in [-0.2, 0) is 19.5 Å². The molecule has 24 heavy (non-hydrogen) atoms. The predicted molar refractivity (Wildman–Crippen MR) is 91.2 cm³/mol. The SMILES string of the molecule is Cc1nc(CN[C@@H]2CCc3nnc(-c4ccc(F)cc4)n3C2)cs1. The molecule has 1 aliphatic heterocycles. The van der Waals surface area contributed by atoms with E-state index in [9.17, 15) is 4.39 Å². The molecule has 0 bridgehead atoms. The minimum atomic E-state index is -0.241. The van der Waals surface area contributed by atoms with Crippen LogP contribution in [0.2, 0.25) is 0 Å². The third-order valence-electron chi connectivity index (χ3n) is 4.29. The van der Waals surface area contributed by atoms with Crippen LogP contribution >= 0.6 is 11.3 Å². The fourth-order valence-electron chi connectivity index (χ4n) is 3.04. The van der Waals surface area contributed by atoms with Crippen molar-refractivity contribution < 1.29 is 4.39 Å². The summed E-state index contributed by atoms with van der Waals surface area (Å²) >= 11 is 1.67. The normalized spacial score (nSPS) is 17.0. The van der Waals surface area contributed by atoms with Crippen molar-refractivity contribution in [1.29, 1.82) is 0 Å². The zero-order valence-corrected chi connectivity index (χ0v) is 14.2. The molecule has 2 aromatic heterocycles. The van der Waals surface area contributed by atoms with Crippen molar-refractivity contribution >= 4 is 11.3 Å². The molecule has 0 aliphatic carbocycles. The number of thiazole rings is 1. The van der Waals surface area contributed by atoms with E-state index in [1.54, 1.807) is 23.5 Å². The van der Waals surface area contributed by atoms with Gasteiger partial charge in [-0.15, -0.1) is 21.5 Å². The summed E-state index contributed by atoms with van der Waals surface area (Å²) in [6.45, 7) is 3.61. The van der Waals surface area contributed by atoms with Crippen molar-refractivity contribution in [1.82, 2.24) is 25.1 Å². The van der Waals surface area contributed by atoms with Gasteiger partial charge < -0.3 is 9.88 Å². The molecule has 1 N–H and O–H groups in total. The highest BCUT2D eigenvalue weighted by atomic mass is 32.1. The molecule has 0 amide bonds. The lowest BCUT2D eigenvalue weighted by molar-refractivity contribution is 0.379. The van der Waals surface area contributed by atoms with Crippen LogP contribution in [0.5, 0.6) is 0 Å². The summed E-state index contributed by atoms with van der Waals surface area (Å²) in [7, 11) is 0. The average molecular weight is 343 g/mol. The van der Waals surface area contributed by atoms with E-state index < -0.39 is 0 Å². The molecule has 0 radical (unpaired) electrons. The fraction of sp³-hybridized carbons (Fsp3) is 0.353. The number of rotatable bonds is 4. The van der Waals surface area contributed by atoms with Gasteiger partial charge in [-0.05, 0) is 37.6 Å². The molecule has 124 valence electrons. The van der Waals surface area contributed by atoms with Gasteiger partial charge in [0.05, 0.1) is 10.7 Å². The molecule has 1 aromatic carbocycles. The summed E-state index contributed by atoms with van der Waals surface area (Å²) in [6, 6.07) is 6.78. The van der Waals surface area contributed by atoms with Crippen molar-refractivity contribution in [2.24, 2.45) is 0 Å². The van der Waals surface area contributed by atoms with E-state index in [1.807, 2.05) is 6.92 Å². The topological polar surface area (TPSA) is 55.6 Å². The number of aryl methyl sites for hydroxylation is 2. The third kappa shape index (κ3) is 3.09. The van der Waals surface area contributed by atoms with Gasteiger partial charge in [0.1, 0.15) is 11.6 Å². The Bertz CT molecular complexity index is 839. The predicted octanol–water partition coefficient (Wildman–Crippen LogP) is 2.95. The zero-order chi connectivity index (χ0) is 16.5. The Labute approximate surface area is 143 Å². The largest absolute Gasteiger partial charge is 0.309 e. The fourth-order valence-corrected chi connectivity index (χ4v) is 3.66. The summed E-state index contributed by atoms with van der Waals surface area (Å²) in [5, 5.41) is 15.4. The van der Waals surface area contributed by atoms with Crippen molar-refractivity contribution in [2.75, 3.05) is 0 Å². The highest BCUT2D eigenvalue weighted by molar-refractivity contribution is 7.09. The standard InChI is InChI=1S/C17H18FN5S/c1-11-20-15(10-24-11)8-19-14-6-7-16-21-22-17(23(16)9-14)12-2-4-13(18)5-3-12/h2-5,10,14,19H,6-9H2,1H3/t14-/m1/s1. The number of benzene rings is 1. The maximum Gasteiger partial charge on any atom is 0.164 e. The number of fused-ring (bicyclic) bond motifs is 1. The van der Waals surface area contributed by atoms with Gasteiger partial charge in [0.15, 0.2) is 5.82 Å². The maximum absolute atomic E-state index is 13.1. The lowest BCUT2D eigenvalue weighted by Crippen LogP contribution is -2.37. The number of nitrogens with one attached hydrogen (secondary N) is 1. The van der Waals surface area contributed by atoms with Crippen LogP contribution in [0.15, 0.2) is 29.6 Å². The molecule has 1 aliphatic rings. The zero-order valence-electron chi connectivity index (χ0n) is 13.4. The smallest absolute Gasteiger partial charge is 0.164 e. The second kappa shape index (κ2) is 6.41. The highest BCUT2D eigenvalue weighted by Crippen LogP contribution is 2.23. The Hall–Kier alpha value is -2.12. The Balaban J connectivity index is 1.49. The molecular weight excluding hydrogens is 325 g/mol. The van der Waals surface area contributed by atoms with Gasteiger partial charge in [-0.25, -0.2) is 9.37 Å². The van der Waals surface area contributed by atoms with Gasteiger partial charge in [-0.2, -0.15) is 0 Å². The van der Waals surface area contributed by atoms with Crippen LogP contribution in [0.4, 0.5) is 4.39 Å². The second-order valence-corrected chi connectivity index (χ2v) is 7.09. The number of hydrogen-bond acceptors (Lipinski definition) is 5. The van der Waals surface area contributed by atoms with Crippen LogP contribution in [0, 0.1) is 12.7 Å². The summed E-state index contributed by atoms with van der Waals surface area (Å²) in [6.07, 6.45) is 1.92. The molecule has 4 rings (SSSR count). The Kier molecular flexibility index (Phi) is 4.12. The van der Waals surface area contributed by atoms with Crippen LogP contribution in [0.25, 0.3) is 11.4 Å². The number of hydrogen-bond donors (Lipinski definition) is 1. The monoisotopic (exact) mass is 343 g/mol. The summed E-state index contributed by atoms with van der Waals surface area (Å²) in [5.41, 5.74) is 1.98. The van der Waals surface area contributed by atoms with Gasteiger partial charge >= 0.3 is 0 Å². The van der Waals surface area contributed by atoms with Gasteiger partial charge in [-0.3, -0.25) is 0 Å². The first-order valence-electron chi connectivity index (χ1n) is 8.01. The Morgan fingerprint density at radius 3 is 2.88 bits per heavy atom. The van der Waals surface area contributed by atoms with E-state index in [2.05, 4.69) is 30.4 Å². The lowest BCUT2D eigenvalue weighted by Gasteiger charge is -2.25. The molecular formula is C17H18FN5S. The summed E-state index contributed by atoms with van der Waals surface area (Å²) in [5.74, 6) is 1.56. The van der Waals surface area contributed by atoms with Crippen LogP contribution in [-0.4, -0.2) is 25.8 Å². The third-order valence-corrected chi connectivity index (χ3v) is 5.11. The number of nitrogens with zero attached hydrogens (tertiary/aromatic N) is 4. The van der Waals surface area contributed by atoms with Gasteiger partial charge in [0.2, 0.25) is 0 Å². The van der Waals surface area contributed by atoms with Crippen molar-refractivity contribution in [3.05, 3.63) is 52.0 Å². The maximum atomic E-state index is 13.1. The van der Waals surface area contributed by atoms with E-state index in [0.29, 0.717) is 6.04 Å². The van der Waals surface area contributed by atoms with Gasteiger partial charge in [0, 0.05) is 36.5 Å². The quantitative estimate of drug-likeness (QED) is 0.791. The first kappa shape index (κ1) is 15.4. The van der Waals surface area contributed by atoms with Crippen molar-refractivity contribution in [3.8, 4) is 11.4 Å². The van der Waals surface area contributed by atoms with Gasteiger partial charge in [0.25, 0.3) is 0 Å². The lowest BCUT2D eigenvalue weighted by atomic mass is 10.1. The van der Waals surface area contributed by atoms with Gasteiger partial charge in [-0.1, -0.05) is 0 Å². The molecule has 3 aromatic rings. The molecule has 0 saturated heterocycles. The minimum absolute atomic E-state index is 0.241. The highest BCUT2D eigenvalue weighted by Gasteiger charge is 2.23. The minimum Gasteiger partial charge on any atom is -0.309 e. The summed E-state index contributed by atoms with van der Waals surface area (Å²) in [4.78, 5) is 4.49. The first-order chi connectivity index (χ1) is 11.7. The van der Waals surface area contributed by atoms with E-state index in [-0.39, 0.29) is 5.82 Å². The molecule has 1 atom stereocenters. The number of aromatic nitrogens is 4. The van der Waals surface area contributed by atoms with E-state index in [0.717, 1.165) is 53.8 Å². The molecule has 5 nitrogen and oxygen atoms in total. The molecule has 0 spiro atoms. The molecule has 0 unspecified atom stereocenters. The van der Waals surface area contributed by atoms with Crippen LogP contribution in [0.1, 0.15) is 22.9 Å². The first-order valence-corrected chi connectivity index (χ1v) is 8.89. The van der Waals surface area contributed by atoms with Crippen LogP contribution < -0.4 is 5.32 Å². The Morgan fingerprint density at radius 2 is 2.12 bits per heavy atom. The van der Waals surface area contributed by atoms with E-state index in [1.165, 1.54) is 12.1 Å². The molecule has 0 saturated carbocycles.